The zero-order valence-corrected chi connectivity index (χ0v) is 14.8. The Morgan fingerprint density at radius 2 is 1.84 bits per heavy atom. The van der Waals surface area contributed by atoms with Crippen LogP contribution in [0, 0.1) is 0 Å². The molecule has 0 saturated carbocycles. The summed E-state index contributed by atoms with van der Waals surface area (Å²) in [5, 5.41) is 19.4. The quantitative estimate of drug-likeness (QED) is 0.564. The lowest BCUT2D eigenvalue weighted by atomic mass is 10.0. The minimum atomic E-state index is -0.189. The zero-order chi connectivity index (χ0) is 17.6. The van der Waals surface area contributed by atoms with Gasteiger partial charge in [0.25, 0.3) is 5.56 Å². The van der Waals surface area contributed by atoms with Crippen LogP contribution in [0.5, 0.6) is 5.75 Å². The van der Waals surface area contributed by atoms with Crippen molar-refractivity contribution < 1.29 is 5.11 Å². The van der Waals surface area contributed by atoms with Crippen molar-refractivity contribution in [1.82, 2.24) is 19.4 Å². The van der Waals surface area contributed by atoms with Crippen molar-refractivity contribution in [2.24, 2.45) is 7.05 Å². The fourth-order valence-electron chi connectivity index (χ4n) is 2.81. The van der Waals surface area contributed by atoms with Crippen LogP contribution in [0.2, 0.25) is 0 Å². The maximum atomic E-state index is 11.7. The minimum absolute atomic E-state index is 0.115. The lowest BCUT2D eigenvalue weighted by Gasteiger charge is -2.08. The second kappa shape index (κ2) is 5.86. The lowest BCUT2D eigenvalue weighted by molar-refractivity contribution is 0.477. The summed E-state index contributed by atoms with van der Waals surface area (Å²) >= 11 is 3.49. The molecule has 3 aromatic heterocycles. The smallest absolute Gasteiger partial charge is 0.266 e. The number of hydrogen-bond acceptors (Lipinski definition) is 4. The molecule has 1 N–H and O–H groups in total. The van der Waals surface area contributed by atoms with Crippen molar-refractivity contribution in [3.8, 4) is 28.3 Å². The standard InChI is InChI=1S/C18H13BrN4O2/c1-22-15(25)9-8-12(20-22)17-13-6-2-3-10-23(13)21-18(17)16-11(19)5-4-7-14(16)24/h2-10,24H,1H3. The van der Waals surface area contributed by atoms with E-state index in [-0.39, 0.29) is 11.3 Å². The third-order valence-electron chi connectivity index (χ3n) is 3.98. The summed E-state index contributed by atoms with van der Waals surface area (Å²) in [6.45, 7) is 0. The van der Waals surface area contributed by atoms with Crippen LogP contribution in [0.25, 0.3) is 28.0 Å². The number of fused-ring (bicyclic) bond motifs is 1. The topological polar surface area (TPSA) is 72.4 Å². The number of aromatic nitrogens is 4. The van der Waals surface area contributed by atoms with Gasteiger partial charge < -0.3 is 5.11 Å². The normalized spacial score (nSPS) is 11.1. The van der Waals surface area contributed by atoms with E-state index in [1.165, 1.54) is 10.7 Å². The van der Waals surface area contributed by atoms with Gasteiger partial charge in [-0.15, -0.1) is 0 Å². The van der Waals surface area contributed by atoms with Crippen LogP contribution in [-0.2, 0) is 7.05 Å². The molecule has 0 aliphatic carbocycles. The van der Waals surface area contributed by atoms with Gasteiger partial charge in [0.1, 0.15) is 11.4 Å². The molecule has 0 fully saturated rings. The van der Waals surface area contributed by atoms with E-state index in [0.717, 1.165) is 15.6 Å². The number of phenolic OH excluding ortho intramolecular Hbond substituents is 1. The maximum absolute atomic E-state index is 11.7. The van der Waals surface area contributed by atoms with E-state index in [1.54, 1.807) is 29.8 Å². The molecule has 0 atom stereocenters. The number of benzene rings is 1. The first-order valence-electron chi connectivity index (χ1n) is 7.56. The molecule has 25 heavy (non-hydrogen) atoms. The van der Waals surface area contributed by atoms with Crippen molar-refractivity contribution in [3.05, 3.63) is 69.6 Å². The van der Waals surface area contributed by atoms with E-state index in [9.17, 15) is 9.90 Å². The van der Waals surface area contributed by atoms with Gasteiger partial charge in [0.2, 0.25) is 0 Å². The summed E-state index contributed by atoms with van der Waals surface area (Å²) in [4.78, 5) is 11.7. The van der Waals surface area contributed by atoms with Gasteiger partial charge in [0, 0.05) is 23.8 Å². The molecule has 0 aliphatic rings. The van der Waals surface area contributed by atoms with Gasteiger partial charge in [0.15, 0.2) is 0 Å². The van der Waals surface area contributed by atoms with Crippen LogP contribution in [0.1, 0.15) is 0 Å². The second-order valence-corrected chi connectivity index (χ2v) is 6.42. The maximum Gasteiger partial charge on any atom is 0.266 e. The van der Waals surface area contributed by atoms with Crippen molar-refractivity contribution in [3.63, 3.8) is 0 Å². The van der Waals surface area contributed by atoms with Crippen molar-refractivity contribution >= 4 is 21.4 Å². The van der Waals surface area contributed by atoms with E-state index < -0.39 is 0 Å². The first kappa shape index (κ1) is 15.6. The third-order valence-corrected chi connectivity index (χ3v) is 4.65. The number of aryl methyl sites for hydroxylation is 1. The summed E-state index contributed by atoms with van der Waals surface area (Å²) in [6.07, 6.45) is 1.83. The number of halogens is 1. The minimum Gasteiger partial charge on any atom is -0.507 e. The number of pyridine rings is 1. The summed E-state index contributed by atoms with van der Waals surface area (Å²) in [5.74, 6) is 0.115. The second-order valence-electron chi connectivity index (χ2n) is 5.57. The molecule has 4 rings (SSSR count). The van der Waals surface area contributed by atoms with Gasteiger partial charge in [-0.05, 0) is 46.3 Å². The Hall–Kier alpha value is -2.93. The largest absolute Gasteiger partial charge is 0.507 e. The highest BCUT2D eigenvalue weighted by Gasteiger charge is 2.21. The highest BCUT2D eigenvalue weighted by molar-refractivity contribution is 9.10. The van der Waals surface area contributed by atoms with Gasteiger partial charge in [-0.2, -0.15) is 10.2 Å². The van der Waals surface area contributed by atoms with Gasteiger partial charge in [-0.25, -0.2) is 9.20 Å². The first-order chi connectivity index (χ1) is 12.1. The highest BCUT2D eigenvalue weighted by Crippen LogP contribution is 2.41. The predicted molar refractivity (Wildman–Crippen MR) is 98.5 cm³/mol. The molecule has 0 aliphatic heterocycles. The Morgan fingerprint density at radius 3 is 2.60 bits per heavy atom. The predicted octanol–water partition coefficient (Wildman–Crippen LogP) is 3.23. The summed E-state index contributed by atoms with van der Waals surface area (Å²) in [7, 11) is 1.60. The molecule has 4 aromatic rings. The Balaban J connectivity index is 2.12. The van der Waals surface area contributed by atoms with Crippen molar-refractivity contribution in [1.29, 1.82) is 0 Å². The summed E-state index contributed by atoms with van der Waals surface area (Å²) < 4.78 is 3.74. The molecule has 0 saturated heterocycles. The van der Waals surface area contributed by atoms with E-state index in [1.807, 2.05) is 30.5 Å². The lowest BCUT2D eigenvalue weighted by Crippen LogP contribution is -2.18. The van der Waals surface area contributed by atoms with Gasteiger partial charge in [-0.1, -0.05) is 12.1 Å². The Kier molecular flexibility index (Phi) is 3.65. The number of phenols is 1. The van der Waals surface area contributed by atoms with E-state index in [4.69, 9.17) is 0 Å². The monoisotopic (exact) mass is 396 g/mol. The molecule has 7 heteroatoms. The van der Waals surface area contributed by atoms with Crippen LogP contribution >= 0.6 is 15.9 Å². The van der Waals surface area contributed by atoms with Gasteiger partial charge >= 0.3 is 0 Å². The Bertz CT molecular complexity index is 1140. The molecule has 0 unspecified atom stereocenters. The molecule has 0 amide bonds. The number of hydrogen-bond donors (Lipinski definition) is 1. The Labute approximate surface area is 151 Å². The van der Waals surface area contributed by atoms with E-state index >= 15 is 0 Å². The molecule has 1 aromatic carbocycles. The van der Waals surface area contributed by atoms with Gasteiger partial charge in [0.05, 0.1) is 22.3 Å². The highest BCUT2D eigenvalue weighted by atomic mass is 79.9. The van der Waals surface area contributed by atoms with Crippen LogP contribution in [0.3, 0.4) is 0 Å². The molecule has 3 heterocycles. The molecule has 0 spiro atoms. The van der Waals surface area contributed by atoms with Crippen molar-refractivity contribution in [2.45, 2.75) is 0 Å². The summed E-state index contributed by atoms with van der Waals surface area (Å²) in [5.41, 5.74) is 3.16. The molecule has 0 radical (unpaired) electrons. The molecule has 0 bridgehead atoms. The molecule has 6 nitrogen and oxygen atoms in total. The zero-order valence-electron chi connectivity index (χ0n) is 13.2. The van der Waals surface area contributed by atoms with Crippen LogP contribution in [0.15, 0.2) is 64.0 Å². The number of nitrogens with zero attached hydrogens (tertiary/aromatic N) is 4. The van der Waals surface area contributed by atoms with Crippen LogP contribution < -0.4 is 5.56 Å². The van der Waals surface area contributed by atoms with Crippen molar-refractivity contribution in [2.75, 3.05) is 0 Å². The summed E-state index contributed by atoms with van der Waals surface area (Å²) in [6, 6.07) is 14.1. The average molecular weight is 397 g/mol. The fourth-order valence-corrected chi connectivity index (χ4v) is 3.35. The van der Waals surface area contributed by atoms with E-state index in [2.05, 4.69) is 26.1 Å². The number of aromatic hydroxyl groups is 1. The van der Waals surface area contributed by atoms with Crippen LogP contribution in [0.4, 0.5) is 0 Å². The molecular formula is C18H13BrN4O2. The van der Waals surface area contributed by atoms with E-state index in [0.29, 0.717) is 17.0 Å². The third kappa shape index (κ3) is 2.53. The van der Waals surface area contributed by atoms with Crippen LogP contribution in [-0.4, -0.2) is 24.5 Å². The average Bonchev–Trinajstić information content (AvgIpc) is 2.96. The SMILES string of the molecule is Cn1nc(-c2c(-c3c(O)cccc3Br)nn3ccccc23)ccc1=O. The first-order valence-corrected chi connectivity index (χ1v) is 8.35. The Morgan fingerprint density at radius 1 is 1.00 bits per heavy atom. The number of rotatable bonds is 2. The fraction of sp³-hybridized carbons (Fsp3) is 0.0556. The molecule has 124 valence electrons. The van der Waals surface area contributed by atoms with Gasteiger partial charge in [-0.3, -0.25) is 4.79 Å². The molecular weight excluding hydrogens is 384 g/mol.